The normalized spacial score (nSPS) is 18.4. The number of nitrogens with zero attached hydrogens (tertiary/aromatic N) is 1. The lowest BCUT2D eigenvalue weighted by atomic mass is 10.1. The molecule has 0 amide bonds. The first-order valence-electron chi connectivity index (χ1n) is 5.29. The summed E-state index contributed by atoms with van der Waals surface area (Å²) in [7, 11) is 0. The van der Waals surface area contributed by atoms with Crippen molar-refractivity contribution < 1.29 is 4.74 Å². The molecular weight excluding hydrogens is 204 g/mol. The van der Waals surface area contributed by atoms with Crippen LogP contribution in [0.4, 0.5) is 0 Å². The summed E-state index contributed by atoms with van der Waals surface area (Å²) in [5.41, 5.74) is 6.47. The van der Waals surface area contributed by atoms with Crippen molar-refractivity contribution in [2.24, 2.45) is 5.73 Å². The number of nitrogens with two attached hydrogens (primary N) is 1. The minimum atomic E-state index is -0.113. The lowest BCUT2D eigenvalue weighted by molar-refractivity contribution is 0.176. The van der Waals surface area contributed by atoms with E-state index in [0.717, 1.165) is 16.7 Å². The van der Waals surface area contributed by atoms with Crippen molar-refractivity contribution in [3.63, 3.8) is 0 Å². The van der Waals surface area contributed by atoms with Crippen LogP contribution in [0.1, 0.15) is 0 Å². The van der Waals surface area contributed by atoms with Gasteiger partial charge in [-0.15, -0.1) is 0 Å². The first kappa shape index (κ1) is 9.42. The zero-order chi connectivity index (χ0) is 11.1. The number of hydrogen-bond donors (Lipinski definition) is 1. The van der Waals surface area contributed by atoms with Crippen molar-refractivity contribution in [3.05, 3.63) is 40.7 Å². The van der Waals surface area contributed by atoms with Gasteiger partial charge in [-0.3, -0.25) is 4.79 Å². The monoisotopic (exact) mass is 216 g/mol. The Kier molecular flexibility index (Phi) is 1.97. The average Bonchev–Trinajstić information content (AvgIpc) is 2.33. The summed E-state index contributed by atoms with van der Waals surface area (Å²) in [6.07, 6.45) is -0.113. The molecule has 4 heteroatoms. The third-order valence-electron chi connectivity index (χ3n) is 2.91. The molecule has 1 aliphatic rings. The van der Waals surface area contributed by atoms with E-state index in [2.05, 4.69) is 0 Å². The lowest BCUT2D eigenvalue weighted by Gasteiger charge is -2.26. The molecule has 0 saturated carbocycles. The third-order valence-corrected chi connectivity index (χ3v) is 2.91. The molecule has 2 heterocycles. The van der Waals surface area contributed by atoms with E-state index in [4.69, 9.17) is 10.5 Å². The first-order chi connectivity index (χ1) is 7.79. The highest BCUT2D eigenvalue weighted by Gasteiger charge is 2.20. The SMILES string of the molecule is NCC1Cn2c(=O)ccc3cccc(c32)O1. The van der Waals surface area contributed by atoms with Crippen LogP contribution in [0.2, 0.25) is 0 Å². The fourth-order valence-corrected chi connectivity index (χ4v) is 2.14. The Hall–Kier alpha value is -1.81. The van der Waals surface area contributed by atoms with Crippen LogP contribution in [0, 0.1) is 0 Å². The largest absolute Gasteiger partial charge is 0.485 e. The molecule has 3 rings (SSSR count). The van der Waals surface area contributed by atoms with Crippen LogP contribution < -0.4 is 16.0 Å². The highest BCUT2D eigenvalue weighted by molar-refractivity contribution is 5.85. The van der Waals surface area contributed by atoms with Crippen LogP contribution in [0.3, 0.4) is 0 Å². The van der Waals surface area contributed by atoms with Crippen LogP contribution in [0.25, 0.3) is 10.9 Å². The van der Waals surface area contributed by atoms with Gasteiger partial charge < -0.3 is 15.0 Å². The molecule has 82 valence electrons. The Balaban J connectivity index is 2.36. The van der Waals surface area contributed by atoms with Crippen LogP contribution in [0.5, 0.6) is 5.75 Å². The van der Waals surface area contributed by atoms with Crippen molar-refractivity contribution >= 4 is 10.9 Å². The maximum absolute atomic E-state index is 11.8. The molecular formula is C12H12N2O2. The highest BCUT2D eigenvalue weighted by atomic mass is 16.5. The van der Waals surface area contributed by atoms with Crippen LogP contribution >= 0.6 is 0 Å². The van der Waals surface area contributed by atoms with E-state index < -0.39 is 0 Å². The standard InChI is InChI=1S/C12H12N2O2/c13-6-9-7-14-11(15)5-4-8-2-1-3-10(16-9)12(8)14/h1-5,9H,6-7,13H2. The molecule has 2 aromatic rings. The molecule has 0 saturated heterocycles. The van der Waals surface area contributed by atoms with Gasteiger partial charge in [-0.2, -0.15) is 0 Å². The van der Waals surface area contributed by atoms with Gasteiger partial charge in [0.05, 0.1) is 12.1 Å². The Morgan fingerprint density at radius 1 is 1.38 bits per heavy atom. The maximum Gasteiger partial charge on any atom is 0.251 e. The van der Waals surface area contributed by atoms with E-state index in [0.29, 0.717) is 13.1 Å². The zero-order valence-corrected chi connectivity index (χ0v) is 8.72. The molecule has 4 nitrogen and oxygen atoms in total. The fraction of sp³-hybridized carbons (Fsp3) is 0.250. The molecule has 0 spiro atoms. The van der Waals surface area contributed by atoms with Gasteiger partial charge in [0, 0.05) is 18.0 Å². The molecule has 0 aliphatic carbocycles. The molecule has 1 aromatic carbocycles. The zero-order valence-electron chi connectivity index (χ0n) is 8.72. The number of pyridine rings is 1. The van der Waals surface area contributed by atoms with Crippen molar-refractivity contribution in [3.8, 4) is 5.75 Å². The van der Waals surface area contributed by atoms with Crippen LogP contribution in [-0.4, -0.2) is 17.2 Å². The fourth-order valence-electron chi connectivity index (χ4n) is 2.14. The molecule has 0 bridgehead atoms. The summed E-state index contributed by atoms with van der Waals surface area (Å²) in [5.74, 6) is 0.747. The molecule has 1 atom stereocenters. The Bertz CT molecular complexity index is 603. The number of hydrogen-bond acceptors (Lipinski definition) is 3. The highest BCUT2D eigenvalue weighted by Crippen LogP contribution is 2.28. The third kappa shape index (κ3) is 1.23. The van der Waals surface area contributed by atoms with Crippen molar-refractivity contribution in [1.29, 1.82) is 0 Å². The predicted octanol–water partition coefficient (Wildman–Crippen LogP) is 0.721. The van der Waals surface area contributed by atoms with E-state index in [1.807, 2.05) is 24.3 Å². The van der Waals surface area contributed by atoms with Crippen molar-refractivity contribution in [1.82, 2.24) is 4.57 Å². The molecule has 1 aliphatic heterocycles. The topological polar surface area (TPSA) is 57.2 Å². The summed E-state index contributed by atoms with van der Waals surface area (Å²) < 4.78 is 7.47. The summed E-state index contributed by atoms with van der Waals surface area (Å²) >= 11 is 0. The Morgan fingerprint density at radius 3 is 3.06 bits per heavy atom. The van der Waals surface area contributed by atoms with Gasteiger partial charge in [-0.05, 0) is 12.1 Å². The summed E-state index contributed by atoms with van der Waals surface area (Å²) in [5, 5.41) is 1.02. The van der Waals surface area contributed by atoms with Gasteiger partial charge in [-0.25, -0.2) is 0 Å². The number of benzene rings is 1. The number of rotatable bonds is 1. The predicted molar refractivity (Wildman–Crippen MR) is 61.7 cm³/mol. The summed E-state index contributed by atoms with van der Waals surface area (Å²) in [4.78, 5) is 11.8. The maximum atomic E-state index is 11.8. The Labute approximate surface area is 92.2 Å². The second-order valence-electron chi connectivity index (χ2n) is 3.95. The minimum Gasteiger partial charge on any atom is -0.485 e. The molecule has 2 N–H and O–H groups in total. The van der Waals surface area contributed by atoms with E-state index in [1.165, 1.54) is 0 Å². The smallest absolute Gasteiger partial charge is 0.251 e. The van der Waals surface area contributed by atoms with Gasteiger partial charge >= 0.3 is 0 Å². The Morgan fingerprint density at radius 2 is 2.25 bits per heavy atom. The molecule has 16 heavy (non-hydrogen) atoms. The first-order valence-corrected chi connectivity index (χ1v) is 5.29. The number of para-hydroxylation sites is 1. The molecule has 0 radical (unpaired) electrons. The van der Waals surface area contributed by atoms with Gasteiger partial charge in [0.25, 0.3) is 5.56 Å². The van der Waals surface area contributed by atoms with E-state index >= 15 is 0 Å². The quantitative estimate of drug-likeness (QED) is 0.764. The summed E-state index contributed by atoms with van der Waals surface area (Å²) in [6, 6.07) is 9.18. The van der Waals surface area contributed by atoms with Crippen molar-refractivity contribution in [2.45, 2.75) is 12.6 Å². The lowest BCUT2D eigenvalue weighted by Crippen LogP contribution is -2.38. The van der Waals surface area contributed by atoms with Gasteiger partial charge in [-0.1, -0.05) is 12.1 Å². The second-order valence-corrected chi connectivity index (χ2v) is 3.95. The van der Waals surface area contributed by atoms with Crippen molar-refractivity contribution in [2.75, 3.05) is 6.54 Å². The number of ether oxygens (including phenoxy) is 1. The molecule has 0 fully saturated rings. The minimum absolute atomic E-state index is 0.00157. The van der Waals surface area contributed by atoms with E-state index in [9.17, 15) is 4.79 Å². The van der Waals surface area contributed by atoms with Crippen LogP contribution in [0.15, 0.2) is 35.1 Å². The second kappa shape index (κ2) is 3.35. The van der Waals surface area contributed by atoms with E-state index in [1.54, 1.807) is 10.6 Å². The molecule has 1 aromatic heterocycles. The number of aromatic nitrogens is 1. The van der Waals surface area contributed by atoms with Gasteiger partial charge in [0.15, 0.2) is 0 Å². The molecule has 1 unspecified atom stereocenters. The van der Waals surface area contributed by atoms with Gasteiger partial charge in [0.2, 0.25) is 0 Å². The summed E-state index contributed by atoms with van der Waals surface area (Å²) in [6.45, 7) is 0.945. The average molecular weight is 216 g/mol. The van der Waals surface area contributed by atoms with E-state index in [-0.39, 0.29) is 11.7 Å². The van der Waals surface area contributed by atoms with Gasteiger partial charge in [0.1, 0.15) is 11.9 Å². The van der Waals surface area contributed by atoms with Crippen LogP contribution in [-0.2, 0) is 6.54 Å².